The first kappa shape index (κ1) is 21.6. The Morgan fingerprint density at radius 3 is 2.41 bits per heavy atom. The molecule has 2 heterocycles. The van der Waals surface area contributed by atoms with Gasteiger partial charge in [0.2, 0.25) is 5.91 Å². The Morgan fingerprint density at radius 2 is 1.85 bits per heavy atom. The Hall–Kier alpha value is -1.67. The molecule has 0 aromatic carbocycles. The molecule has 3 amide bonds. The van der Waals surface area contributed by atoms with Gasteiger partial charge in [-0.1, -0.05) is 20.8 Å². The number of amides is 3. The molecular weight excluding hydrogens is 350 g/mol. The molecule has 2 aliphatic heterocycles. The molecule has 0 aliphatic carbocycles. The number of morpholine rings is 1. The molecule has 0 aromatic heterocycles. The van der Waals surface area contributed by atoms with Crippen LogP contribution in [0.15, 0.2) is 0 Å². The Labute approximate surface area is 161 Å². The molecule has 0 aromatic rings. The second kappa shape index (κ2) is 10.0. The molecule has 0 saturated carbocycles. The minimum atomic E-state index is -0.679. The van der Waals surface area contributed by atoms with Crippen molar-refractivity contribution in [2.75, 3.05) is 32.9 Å². The number of rotatable bonds is 7. The topological polar surface area (TPSA) is 97.0 Å². The summed E-state index contributed by atoms with van der Waals surface area (Å²) in [6.45, 7) is 10.2. The lowest BCUT2D eigenvalue weighted by atomic mass is 9.91. The van der Waals surface area contributed by atoms with Gasteiger partial charge < -0.3 is 25.0 Å². The molecule has 2 N–H and O–H groups in total. The summed E-state index contributed by atoms with van der Waals surface area (Å²) in [5.41, 5.74) is 0. The van der Waals surface area contributed by atoms with Crippen LogP contribution in [0.25, 0.3) is 0 Å². The fourth-order valence-corrected chi connectivity index (χ4v) is 3.15. The molecule has 2 aliphatic rings. The number of Topliss-reactive ketones (excluding diaryl/α,β-unsaturated/α-hetero) is 1. The summed E-state index contributed by atoms with van der Waals surface area (Å²) < 4.78 is 10.6. The average Bonchev–Trinajstić information content (AvgIpc) is 2.97. The summed E-state index contributed by atoms with van der Waals surface area (Å²) in [5, 5.41) is 5.62. The minimum absolute atomic E-state index is 0.0152. The molecule has 4 atom stereocenters. The number of urea groups is 1. The maximum absolute atomic E-state index is 12.8. The van der Waals surface area contributed by atoms with Gasteiger partial charge in [0.25, 0.3) is 0 Å². The number of carbonyl (C=O) groups is 3. The summed E-state index contributed by atoms with van der Waals surface area (Å²) in [6, 6.07) is -1.59. The lowest BCUT2D eigenvalue weighted by Gasteiger charge is -2.30. The van der Waals surface area contributed by atoms with Gasteiger partial charge in [-0.15, -0.1) is 0 Å². The van der Waals surface area contributed by atoms with E-state index in [4.69, 9.17) is 9.47 Å². The molecule has 8 heteroatoms. The SMILES string of the molecule is CC(C)C(C)CCC(NC(=O)N1CCOCC1)C(=O)N[C@@H]1C(=O)CO[C@H]1C. The second-order valence-corrected chi connectivity index (χ2v) is 7.87. The van der Waals surface area contributed by atoms with Crippen molar-refractivity contribution in [2.45, 2.75) is 58.7 Å². The van der Waals surface area contributed by atoms with Crippen LogP contribution in [0.1, 0.15) is 40.5 Å². The third-order valence-electron chi connectivity index (χ3n) is 5.56. The normalized spacial score (nSPS) is 25.4. The highest BCUT2D eigenvalue weighted by Crippen LogP contribution is 2.18. The Morgan fingerprint density at radius 1 is 1.19 bits per heavy atom. The van der Waals surface area contributed by atoms with Gasteiger partial charge in [-0.25, -0.2) is 4.79 Å². The summed E-state index contributed by atoms with van der Waals surface area (Å²) in [4.78, 5) is 38.9. The van der Waals surface area contributed by atoms with Gasteiger partial charge in [0.15, 0.2) is 5.78 Å². The standard InChI is InChI=1S/C19H33N3O5/c1-12(2)13(3)5-6-15(20-19(25)22-7-9-26-10-8-22)18(24)21-17-14(4)27-11-16(17)23/h12-15,17H,5-11H2,1-4H3,(H,20,25)(H,21,24)/t13?,14-,15?,17-/m0/s1. The molecule has 0 bridgehead atoms. The lowest BCUT2D eigenvalue weighted by Crippen LogP contribution is -2.56. The molecule has 154 valence electrons. The summed E-state index contributed by atoms with van der Waals surface area (Å²) in [5.74, 6) is 0.456. The molecule has 2 saturated heterocycles. The molecule has 27 heavy (non-hydrogen) atoms. The highest BCUT2D eigenvalue weighted by atomic mass is 16.5. The average molecular weight is 383 g/mol. The van der Waals surface area contributed by atoms with E-state index in [2.05, 4.69) is 31.4 Å². The Kier molecular flexibility index (Phi) is 8.04. The molecule has 0 spiro atoms. The zero-order chi connectivity index (χ0) is 20.0. The van der Waals surface area contributed by atoms with Crippen molar-refractivity contribution in [3.63, 3.8) is 0 Å². The first-order chi connectivity index (χ1) is 12.8. The Balaban J connectivity index is 1.99. The van der Waals surface area contributed by atoms with E-state index in [1.54, 1.807) is 11.8 Å². The van der Waals surface area contributed by atoms with Gasteiger partial charge in [-0.2, -0.15) is 0 Å². The van der Waals surface area contributed by atoms with E-state index in [9.17, 15) is 14.4 Å². The number of nitrogens with one attached hydrogen (secondary N) is 2. The van der Waals surface area contributed by atoms with Crippen molar-refractivity contribution in [3.8, 4) is 0 Å². The van der Waals surface area contributed by atoms with Crippen LogP contribution in [0, 0.1) is 11.8 Å². The van der Waals surface area contributed by atoms with Crippen molar-refractivity contribution in [1.29, 1.82) is 0 Å². The smallest absolute Gasteiger partial charge is 0.318 e. The van der Waals surface area contributed by atoms with E-state index in [0.717, 1.165) is 6.42 Å². The van der Waals surface area contributed by atoms with Crippen molar-refractivity contribution < 1.29 is 23.9 Å². The van der Waals surface area contributed by atoms with Crippen LogP contribution in [-0.4, -0.2) is 73.7 Å². The zero-order valence-corrected chi connectivity index (χ0v) is 16.8. The number of hydrogen-bond donors (Lipinski definition) is 2. The Bertz CT molecular complexity index is 533. The maximum Gasteiger partial charge on any atom is 0.318 e. The van der Waals surface area contributed by atoms with Crippen LogP contribution in [0.4, 0.5) is 4.79 Å². The summed E-state index contributed by atoms with van der Waals surface area (Å²) >= 11 is 0. The van der Waals surface area contributed by atoms with Crippen LogP contribution in [0.5, 0.6) is 0 Å². The van der Waals surface area contributed by atoms with Gasteiger partial charge in [0, 0.05) is 13.1 Å². The van der Waals surface area contributed by atoms with Gasteiger partial charge in [-0.05, 0) is 31.6 Å². The lowest BCUT2D eigenvalue weighted by molar-refractivity contribution is -0.127. The molecule has 2 rings (SSSR count). The third-order valence-corrected chi connectivity index (χ3v) is 5.56. The number of nitrogens with zero attached hydrogens (tertiary/aromatic N) is 1. The first-order valence-corrected chi connectivity index (χ1v) is 9.87. The van der Waals surface area contributed by atoms with E-state index in [-0.39, 0.29) is 30.4 Å². The molecule has 8 nitrogen and oxygen atoms in total. The number of hydrogen-bond acceptors (Lipinski definition) is 5. The van der Waals surface area contributed by atoms with Gasteiger partial charge in [0.05, 0.1) is 19.3 Å². The number of ether oxygens (including phenoxy) is 2. The summed E-state index contributed by atoms with van der Waals surface area (Å²) in [7, 11) is 0. The van der Waals surface area contributed by atoms with E-state index in [1.807, 2.05) is 0 Å². The van der Waals surface area contributed by atoms with Gasteiger partial charge >= 0.3 is 6.03 Å². The number of ketones is 1. The first-order valence-electron chi connectivity index (χ1n) is 9.87. The van der Waals surface area contributed by atoms with E-state index in [1.165, 1.54) is 0 Å². The monoisotopic (exact) mass is 383 g/mol. The molecule has 2 fully saturated rings. The van der Waals surface area contributed by atoms with E-state index >= 15 is 0 Å². The fraction of sp³-hybridized carbons (Fsp3) is 0.842. The van der Waals surface area contributed by atoms with Crippen molar-refractivity contribution in [1.82, 2.24) is 15.5 Å². The van der Waals surface area contributed by atoms with Crippen molar-refractivity contribution >= 4 is 17.7 Å². The fourth-order valence-electron chi connectivity index (χ4n) is 3.15. The minimum Gasteiger partial charge on any atom is -0.378 e. The highest BCUT2D eigenvalue weighted by molar-refractivity contribution is 5.94. The third kappa shape index (κ3) is 6.17. The highest BCUT2D eigenvalue weighted by Gasteiger charge is 2.36. The second-order valence-electron chi connectivity index (χ2n) is 7.87. The van der Waals surface area contributed by atoms with Crippen LogP contribution >= 0.6 is 0 Å². The summed E-state index contributed by atoms with van der Waals surface area (Å²) in [6.07, 6.45) is 0.980. The number of carbonyl (C=O) groups excluding carboxylic acids is 3. The van der Waals surface area contributed by atoms with E-state index in [0.29, 0.717) is 44.6 Å². The van der Waals surface area contributed by atoms with Crippen LogP contribution in [0.3, 0.4) is 0 Å². The van der Waals surface area contributed by atoms with Crippen LogP contribution < -0.4 is 10.6 Å². The maximum atomic E-state index is 12.8. The zero-order valence-electron chi connectivity index (χ0n) is 16.8. The van der Waals surface area contributed by atoms with Crippen LogP contribution in [-0.2, 0) is 19.1 Å². The van der Waals surface area contributed by atoms with Crippen LogP contribution in [0.2, 0.25) is 0 Å². The molecule has 0 radical (unpaired) electrons. The molecule has 2 unspecified atom stereocenters. The van der Waals surface area contributed by atoms with Gasteiger partial charge in [0.1, 0.15) is 18.7 Å². The van der Waals surface area contributed by atoms with Gasteiger partial charge in [-0.3, -0.25) is 9.59 Å². The van der Waals surface area contributed by atoms with Crippen molar-refractivity contribution in [3.05, 3.63) is 0 Å². The predicted molar refractivity (Wildman–Crippen MR) is 100 cm³/mol. The van der Waals surface area contributed by atoms with Crippen molar-refractivity contribution in [2.24, 2.45) is 11.8 Å². The quantitative estimate of drug-likeness (QED) is 0.682. The predicted octanol–water partition coefficient (Wildman–Crippen LogP) is 0.942. The molecular formula is C19H33N3O5. The van der Waals surface area contributed by atoms with E-state index < -0.39 is 12.1 Å². The largest absolute Gasteiger partial charge is 0.378 e.